The summed E-state index contributed by atoms with van der Waals surface area (Å²) in [6.45, 7) is 2.39. The van der Waals surface area contributed by atoms with Gasteiger partial charge in [-0.1, -0.05) is 0 Å². The maximum absolute atomic E-state index is 12.2. The average molecular weight is 459 g/mol. The van der Waals surface area contributed by atoms with E-state index in [4.69, 9.17) is 0 Å². The number of aliphatic hydroxyl groups is 3. The van der Waals surface area contributed by atoms with Crippen molar-refractivity contribution >= 4 is 33.3 Å². The molecule has 2 aliphatic rings. The highest BCUT2D eigenvalue weighted by molar-refractivity contribution is 7.21. The van der Waals surface area contributed by atoms with Crippen LogP contribution in [-0.2, 0) is 0 Å². The van der Waals surface area contributed by atoms with E-state index in [1.807, 2.05) is 6.92 Å². The maximum Gasteiger partial charge on any atom is 0.275 e. The van der Waals surface area contributed by atoms with E-state index in [1.165, 1.54) is 24.2 Å². The number of nitrogens with zero attached hydrogens (tertiary/aromatic N) is 3. The largest absolute Gasteiger partial charge is 0.396 e. The molecule has 0 radical (unpaired) electrons. The van der Waals surface area contributed by atoms with Gasteiger partial charge in [0.05, 0.1) is 16.0 Å². The molecule has 6 N–H and O–H groups in total. The van der Waals surface area contributed by atoms with Crippen molar-refractivity contribution in [1.82, 2.24) is 19.9 Å². The summed E-state index contributed by atoms with van der Waals surface area (Å²) in [4.78, 5) is 28.5. The third-order valence-corrected chi connectivity index (χ3v) is 7.31. The zero-order valence-corrected chi connectivity index (χ0v) is 18.4. The molecule has 0 bridgehead atoms. The van der Waals surface area contributed by atoms with Crippen LogP contribution >= 0.6 is 11.3 Å². The highest BCUT2D eigenvalue weighted by Gasteiger charge is 2.47. The van der Waals surface area contributed by atoms with E-state index < -0.39 is 17.7 Å². The van der Waals surface area contributed by atoms with Gasteiger partial charge in [0.25, 0.3) is 5.56 Å². The van der Waals surface area contributed by atoms with Gasteiger partial charge in [0.15, 0.2) is 5.72 Å². The highest BCUT2D eigenvalue weighted by Crippen LogP contribution is 2.40. The van der Waals surface area contributed by atoms with Crippen molar-refractivity contribution < 1.29 is 15.3 Å². The monoisotopic (exact) mass is 458 g/mol. The van der Waals surface area contributed by atoms with Crippen LogP contribution in [0.5, 0.6) is 0 Å². The third-order valence-electron chi connectivity index (χ3n) is 6.27. The van der Waals surface area contributed by atoms with Crippen molar-refractivity contribution in [2.45, 2.75) is 44.4 Å². The molecule has 2 aliphatic carbocycles. The number of pyridine rings is 1. The molecule has 5 rings (SSSR count). The quantitative estimate of drug-likeness (QED) is 0.288. The van der Waals surface area contributed by atoms with Crippen LogP contribution in [0.2, 0.25) is 0 Å². The number of aryl methyl sites for hydroxylation is 1. The first kappa shape index (κ1) is 21.3. The van der Waals surface area contributed by atoms with Crippen LogP contribution in [-0.4, -0.2) is 60.2 Å². The third kappa shape index (κ3) is 3.85. The van der Waals surface area contributed by atoms with E-state index in [9.17, 15) is 20.1 Å². The van der Waals surface area contributed by atoms with Gasteiger partial charge in [-0.3, -0.25) is 4.79 Å². The molecule has 0 saturated heterocycles. The number of anilines is 2. The van der Waals surface area contributed by atoms with Gasteiger partial charge in [0.1, 0.15) is 22.4 Å². The van der Waals surface area contributed by atoms with Crippen molar-refractivity contribution in [3.8, 4) is 10.6 Å². The van der Waals surface area contributed by atoms with Gasteiger partial charge in [-0.25, -0.2) is 9.97 Å². The Hall–Kier alpha value is -2.60. The lowest BCUT2D eigenvalue weighted by atomic mass is 10.0. The SMILES string of the molecule is Cc1nc(NCC2CC2)nc(NC2(O)CCC(CO)C2O)c1-c1nc2c(=O)[nH]ccc2s1. The first-order chi connectivity index (χ1) is 15.4. The van der Waals surface area contributed by atoms with Crippen LogP contribution in [0.3, 0.4) is 0 Å². The molecule has 3 aromatic rings. The van der Waals surface area contributed by atoms with Crippen LogP contribution in [0, 0.1) is 18.8 Å². The summed E-state index contributed by atoms with van der Waals surface area (Å²) in [6.07, 6.45) is 3.52. The van der Waals surface area contributed by atoms with E-state index in [0.717, 1.165) is 11.2 Å². The molecule has 10 nitrogen and oxygen atoms in total. The molecule has 0 aromatic carbocycles. The minimum atomic E-state index is -1.65. The van der Waals surface area contributed by atoms with Crippen molar-refractivity contribution in [2.75, 3.05) is 23.8 Å². The zero-order chi connectivity index (χ0) is 22.5. The van der Waals surface area contributed by atoms with E-state index in [2.05, 4.69) is 30.6 Å². The average Bonchev–Trinajstić information content (AvgIpc) is 3.42. The fourth-order valence-electron chi connectivity index (χ4n) is 4.17. The number of hydrogen-bond acceptors (Lipinski definition) is 10. The van der Waals surface area contributed by atoms with Crippen LogP contribution in [0.1, 0.15) is 31.4 Å². The number of nitrogens with one attached hydrogen (secondary N) is 3. The van der Waals surface area contributed by atoms with Gasteiger partial charge in [-0.05, 0) is 44.6 Å². The molecule has 3 unspecified atom stereocenters. The summed E-state index contributed by atoms with van der Waals surface area (Å²) in [6, 6.07) is 1.78. The van der Waals surface area contributed by atoms with Gasteiger partial charge in [-0.2, -0.15) is 4.98 Å². The van der Waals surface area contributed by atoms with E-state index >= 15 is 0 Å². The molecule has 3 atom stereocenters. The number of aromatic amines is 1. The molecule has 0 aliphatic heterocycles. The van der Waals surface area contributed by atoms with E-state index in [0.29, 0.717) is 45.9 Å². The Labute approximate surface area is 187 Å². The number of fused-ring (bicyclic) bond motifs is 1. The smallest absolute Gasteiger partial charge is 0.275 e. The molecule has 0 amide bonds. The minimum absolute atomic E-state index is 0.213. The number of aliphatic hydroxyl groups excluding tert-OH is 2. The molecule has 170 valence electrons. The molecular formula is C21H26N6O4S. The number of aromatic nitrogens is 4. The molecule has 3 aromatic heterocycles. The van der Waals surface area contributed by atoms with Gasteiger partial charge in [-0.15, -0.1) is 11.3 Å². The Morgan fingerprint density at radius 2 is 2.09 bits per heavy atom. The summed E-state index contributed by atoms with van der Waals surface area (Å²) in [7, 11) is 0. The lowest BCUT2D eigenvalue weighted by molar-refractivity contribution is -0.0545. The Morgan fingerprint density at radius 1 is 1.28 bits per heavy atom. The summed E-state index contributed by atoms with van der Waals surface area (Å²) in [5, 5.41) is 38.1. The van der Waals surface area contributed by atoms with Crippen LogP contribution in [0.25, 0.3) is 20.8 Å². The van der Waals surface area contributed by atoms with Crippen molar-refractivity contribution in [1.29, 1.82) is 0 Å². The molecule has 3 heterocycles. The first-order valence-corrected chi connectivity index (χ1v) is 11.6. The predicted molar refractivity (Wildman–Crippen MR) is 122 cm³/mol. The molecule has 11 heteroatoms. The summed E-state index contributed by atoms with van der Waals surface area (Å²) in [5.41, 5.74) is -0.405. The standard InChI is InChI=1S/C21H26N6O4S/c1-10-14(19-25-15-13(32-19)5-7-22-18(15)30)17(26-20(24-10)23-8-11-2-3-11)27-21(31)6-4-12(9-28)16(21)29/h5,7,11-12,16,28-29,31H,2-4,6,8-9H2,1H3,(H,22,30)(H2,23,24,26,27). The number of rotatable bonds is 7. The lowest BCUT2D eigenvalue weighted by Gasteiger charge is -2.31. The summed E-state index contributed by atoms with van der Waals surface area (Å²) >= 11 is 1.33. The number of hydrogen-bond donors (Lipinski definition) is 6. The van der Waals surface area contributed by atoms with Crippen LogP contribution in [0.15, 0.2) is 17.1 Å². The van der Waals surface area contributed by atoms with E-state index in [-0.39, 0.29) is 18.6 Å². The van der Waals surface area contributed by atoms with Crippen LogP contribution in [0.4, 0.5) is 11.8 Å². The molecule has 0 spiro atoms. The van der Waals surface area contributed by atoms with Crippen LogP contribution < -0.4 is 16.2 Å². The lowest BCUT2D eigenvalue weighted by Crippen LogP contribution is -2.48. The normalized spacial score (nSPS) is 25.4. The Balaban J connectivity index is 1.58. The first-order valence-electron chi connectivity index (χ1n) is 10.8. The molecule has 32 heavy (non-hydrogen) atoms. The van der Waals surface area contributed by atoms with Crippen molar-refractivity contribution in [2.24, 2.45) is 11.8 Å². The van der Waals surface area contributed by atoms with Crippen molar-refractivity contribution in [3.63, 3.8) is 0 Å². The molecule has 2 fully saturated rings. The van der Waals surface area contributed by atoms with Gasteiger partial charge in [0, 0.05) is 25.3 Å². The van der Waals surface area contributed by atoms with Gasteiger partial charge < -0.3 is 30.9 Å². The Bertz CT molecular complexity index is 1210. The number of H-pyrrole nitrogens is 1. The second-order valence-corrected chi connectivity index (χ2v) is 9.73. The highest BCUT2D eigenvalue weighted by atomic mass is 32.1. The summed E-state index contributed by atoms with van der Waals surface area (Å²) < 4.78 is 0.727. The Kier molecular flexibility index (Phi) is 5.36. The maximum atomic E-state index is 12.2. The van der Waals surface area contributed by atoms with Gasteiger partial charge in [0.2, 0.25) is 5.95 Å². The number of thiazole rings is 1. The zero-order valence-electron chi connectivity index (χ0n) is 17.6. The fourth-order valence-corrected chi connectivity index (χ4v) is 5.23. The second-order valence-electron chi connectivity index (χ2n) is 8.69. The second kappa shape index (κ2) is 8.07. The fraction of sp³-hybridized carbons (Fsp3) is 0.524. The van der Waals surface area contributed by atoms with Crippen molar-refractivity contribution in [3.05, 3.63) is 28.3 Å². The van der Waals surface area contributed by atoms with E-state index in [1.54, 1.807) is 12.3 Å². The Morgan fingerprint density at radius 3 is 2.78 bits per heavy atom. The molecule has 2 saturated carbocycles. The summed E-state index contributed by atoms with van der Waals surface area (Å²) in [5.74, 6) is 0.949. The topological polar surface area (TPSA) is 156 Å². The molecular weight excluding hydrogens is 432 g/mol. The minimum Gasteiger partial charge on any atom is -0.396 e. The van der Waals surface area contributed by atoms with Gasteiger partial charge >= 0.3 is 0 Å². The predicted octanol–water partition coefficient (Wildman–Crippen LogP) is 1.44.